The van der Waals surface area contributed by atoms with Crippen molar-refractivity contribution in [2.24, 2.45) is 5.92 Å². The number of amides is 1. The summed E-state index contributed by atoms with van der Waals surface area (Å²) < 4.78 is 10.4. The van der Waals surface area contributed by atoms with E-state index in [-0.39, 0.29) is 12.3 Å². The van der Waals surface area contributed by atoms with Gasteiger partial charge in [0.1, 0.15) is 5.75 Å². The molecule has 198 valence electrons. The molecule has 0 aliphatic carbocycles. The van der Waals surface area contributed by atoms with Crippen molar-refractivity contribution < 1.29 is 19.2 Å². The van der Waals surface area contributed by atoms with E-state index in [1.165, 1.54) is 0 Å². The number of aromatic nitrogens is 1. The highest BCUT2D eigenvalue weighted by Crippen LogP contribution is 2.40. The number of nitrogens with one attached hydrogen (secondary N) is 1. The average molecular weight is 535 g/mol. The number of ether oxygens (including phenoxy) is 1. The molecule has 4 rings (SSSR count). The molecule has 8 heteroatoms. The van der Waals surface area contributed by atoms with Crippen LogP contribution in [-0.2, 0) is 10.2 Å². The lowest BCUT2D eigenvalue weighted by atomic mass is 9.74. The van der Waals surface area contributed by atoms with Crippen molar-refractivity contribution in [1.82, 2.24) is 5.16 Å². The largest absolute Gasteiger partial charge is 0.496 e. The number of hydrogen-bond acceptors (Lipinski definition) is 6. The minimum absolute atomic E-state index is 0.208. The molecule has 0 aliphatic heterocycles. The van der Waals surface area contributed by atoms with Crippen LogP contribution in [0.5, 0.6) is 5.75 Å². The lowest BCUT2D eigenvalue weighted by molar-refractivity contribution is -0.121. The Kier molecular flexibility index (Phi) is 8.19. The van der Waals surface area contributed by atoms with Gasteiger partial charge in [-0.05, 0) is 67.1 Å². The summed E-state index contributed by atoms with van der Waals surface area (Å²) in [6, 6.07) is 19.7. The van der Waals surface area contributed by atoms with Crippen molar-refractivity contribution in [2.75, 3.05) is 12.4 Å². The van der Waals surface area contributed by atoms with Crippen molar-refractivity contribution in [2.45, 2.75) is 45.1 Å². The van der Waals surface area contributed by atoms with Crippen LogP contribution in [0.15, 0.2) is 76.0 Å². The molecule has 1 heterocycles. The Morgan fingerprint density at radius 3 is 2.55 bits per heavy atom. The first-order valence-corrected chi connectivity index (χ1v) is 12.7. The highest BCUT2D eigenvalue weighted by atomic mass is 35.5. The van der Waals surface area contributed by atoms with Crippen LogP contribution >= 0.6 is 11.6 Å². The number of anilines is 1. The van der Waals surface area contributed by atoms with Crippen molar-refractivity contribution >= 4 is 34.0 Å². The van der Waals surface area contributed by atoms with Crippen molar-refractivity contribution in [3.8, 4) is 5.75 Å². The Morgan fingerprint density at radius 1 is 1.11 bits per heavy atom. The number of aliphatic hydroxyl groups is 1. The molecule has 0 fully saturated rings. The van der Waals surface area contributed by atoms with Crippen LogP contribution in [0.3, 0.4) is 0 Å². The van der Waals surface area contributed by atoms with E-state index in [1.54, 1.807) is 38.3 Å². The minimum atomic E-state index is -0.836. The van der Waals surface area contributed by atoms with Crippen LogP contribution in [-0.4, -0.2) is 23.3 Å². The molecule has 1 aromatic heterocycles. The third-order valence-corrected chi connectivity index (χ3v) is 7.11. The third-order valence-electron chi connectivity index (χ3n) is 6.87. The molecule has 0 radical (unpaired) electrons. The number of nitrogens with zero attached hydrogens (tertiary/aromatic N) is 1. The van der Waals surface area contributed by atoms with Crippen LogP contribution in [0, 0.1) is 12.8 Å². The van der Waals surface area contributed by atoms with E-state index >= 15 is 0 Å². The number of fused-ring (bicyclic) bond motifs is 1. The van der Waals surface area contributed by atoms with Gasteiger partial charge < -0.3 is 19.7 Å². The monoisotopic (exact) mass is 534 g/mol. The first-order chi connectivity index (χ1) is 18.1. The van der Waals surface area contributed by atoms with E-state index in [0.717, 1.165) is 11.1 Å². The maximum absolute atomic E-state index is 13.7. The SMILES string of the molecule is COc1ccc(Cl)cc1C(C)(C)CC(CC(O)c1ccccc1)C(=O)Nc1ccc2c(=O)onc(C)c2c1. The Labute approximate surface area is 226 Å². The number of benzene rings is 3. The first kappa shape index (κ1) is 27.4. The molecule has 4 aromatic rings. The lowest BCUT2D eigenvalue weighted by Gasteiger charge is -2.32. The third kappa shape index (κ3) is 6.06. The van der Waals surface area contributed by atoms with Crippen LogP contribution in [0.25, 0.3) is 10.8 Å². The topological polar surface area (TPSA) is 102 Å². The first-order valence-electron chi connectivity index (χ1n) is 12.4. The smallest absolute Gasteiger partial charge is 0.366 e. The van der Waals surface area contributed by atoms with Crippen LogP contribution in [0.2, 0.25) is 5.02 Å². The Morgan fingerprint density at radius 2 is 1.84 bits per heavy atom. The molecule has 0 spiro atoms. The second-order valence-corrected chi connectivity index (χ2v) is 10.5. The Bertz CT molecular complexity index is 1500. The quantitative estimate of drug-likeness (QED) is 0.265. The highest BCUT2D eigenvalue weighted by Gasteiger charge is 2.33. The van der Waals surface area contributed by atoms with Gasteiger partial charge in [0.2, 0.25) is 5.91 Å². The molecule has 0 bridgehead atoms. The van der Waals surface area contributed by atoms with E-state index < -0.39 is 23.1 Å². The van der Waals surface area contributed by atoms with E-state index in [9.17, 15) is 14.7 Å². The number of rotatable bonds is 9. The molecule has 38 heavy (non-hydrogen) atoms. The van der Waals surface area contributed by atoms with E-state index in [4.69, 9.17) is 20.9 Å². The number of methoxy groups -OCH3 is 1. The van der Waals surface area contributed by atoms with Crippen molar-refractivity contribution in [3.63, 3.8) is 0 Å². The summed E-state index contributed by atoms with van der Waals surface area (Å²) in [5.41, 5.74) is 1.62. The van der Waals surface area contributed by atoms with Crippen molar-refractivity contribution in [1.29, 1.82) is 0 Å². The zero-order valence-corrected chi connectivity index (χ0v) is 22.6. The molecule has 2 N–H and O–H groups in total. The summed E-state index contributed by atoms with van der Waals surface area (Å²) in [7, 11) is 1.60. The fourth-order valence-electron chi connectivity index (χ4n) is 4.85. The second kappa shape index (κ2) is 11.4. The highest BCUT2D eigenvalue weighted by molar-refractivity contribution is 6.30. The summed E-state index contributed by atoms with van der Waals surface area (Å²) >= 11 is 6.31. The van der Waals surface area contributed by atoms with E-state index in [0.29, 0.717) is 39.3 Å². The van der Waals surface area contributed by atoms with Gasteiger partial charge in [-0.15, -0.1) is 0 Å². The Hall–Kier alpha value is -3.68. The molecule has 7 nitrogen and oxygen atoms in total. The summed E-state index contributed by atoms with van der Waals surface area (Å²) in [6.45, 7) is 5.79. The fourth-order valence-corrected chi connectivity index (χ4v) is 5.02. The summed E-state index contributed by atoms with van der Waals surface area (Å²) in [6.07, 6.45) is -0.214. The molecule has 2 unspecified atom stereocenters. The number of carbonyl (C=O) groups is 1. The fraction of sp³-hybridized carbons (Fsp3) is 0.300. The molecule has 0 saturated carbocycles. The maximum atomic E-state index is 13.7. The van der Waals surface area contributed by atoms with Gasteiger partial charge in [0.15, 0.2) is 0 Å². The predicted octanol–water partition coefficient (Wildman–Crippen LogP) is 6.20. The maximum Gasteiger partial charge on any atom is 0.366 e. The lowest BCUT2D eigenvalue weighted by Crippen LogP contribution is -2.31. The minimum Gasteiger partial charge on any atom is -0.496 e. The number of hydrogen-bond donors (Lipinski definition) is 2. The van der Waals surface area contributed by atoms with Gasteiger partial charge in [-0.2, -0.15) is 0 Å². The summed E-state index contributed by atoms with van der Waals surface area (Å²) in [5, 5.41) is 19.4. The molecular weight excluding hydrogens is 504 g/mol. The van der Waals surface area contributed by atoms with Crippen LogP contribution in [0.1, 0.15) is 49.6 Å². The predicted molar refractivity (Wildman–Crippen MR) is 149 cm³/mol. The van der Waals surface area contributed by atoms with Gasteiger partial charge in [0, 0.05) is 27.6 Å². The van der Waals surface area contributed by atoms with Gasteiger partial charge in [0.25, 0.3) is 0 Å². The number of halogens is 1. The molecule has 3 aromatic carbocycles. The van der Waals surface area contributed by atoms with Gasteiger partial charge in [0.05, 0.1) is 24.3 Å². The average Bonchev–Trinajstić information content (AvgIpc) is 2.90. The Balaban J connectivity index is 1.66. The number of carbonyl (C=O) groups excluding carboxylic acids is 1. The van der Waals surface area contributed by atoms with Crippen LogP contribution in [0.4, 0.5) is 5.69 Å². The van der Waals surface area contributed by atoms with E-state index in [1.807, 2.05) is 56.3 Å². The van der Waals surface area contributed by atoms with Crippen LogP contribution < -0.4 is 15.7 Å². The molecular formula is C30H31ClN2O5. The van der Waals surface area contributed by atoms with Crippen molar-refractivity contribution in [3.05, 3.63) is 99.0 Å². The zero-order valence-electron chi connectivity index (χ0n) is 21.8. The normalized spacial score (nSPS) is 13.2. The molecule has 0 saturated heterocycles. The molecule has 2 atom stereocenters. The van der Waals surface area contributed by atoms with Gasteiger partial charge in [-0.3, -0.25) is 4.79 Å². The van der Waals surface area contributed by atoms with E-state index in [2.05, 4.69) is 10.5 Å². The number of aliphatic hydroxyl groups excluding tert-OH is 1. The summed E-state index contributed by atoms with van der Waals surface area (Å²) in [4.78, 5) is 25.8. The standard InChI is InChI=1S/C30H31ClN2O5/c1-18-24-16-22(11-12-23(24)29(36)38-33-18)32-28(35)20(14-26(34)19-8-6-5-7-9-19)17-30(2,3)25-15-21(31)10-13-27(25)37-4/h5-13,15-16,20,26,34H,14,17H2,1-4H3,(H,32,35). The number of aryl methyl sites for hydroxylation is 1. The zero-order chi connectivity index (χ0) is 27.4. The molecule has 1 amide bonds. The van der Waals surface area contributed by atoms with Gasteiger partial charge in [-0.1, -0.05) is 60.9 Å². The summed E-state index contributed by atoms with van der Waals surface area (Å²) in [5.74, 6) is -0.139. The van der Waals surface area contributed by atoms with Gasteiger partial charge >= 0.3 is 5.63 Å². The second-order valence-electron chi connectivity index (χ2n) is 10.1. The van der Waals surface area contributed by atoms with Gasteiger partial charge in [-0.25, -0.2) is 4.79 Å². The molecule has 0 aliphatic rings.